The summed E-state index contributed by atoms with van der Waals surface area (Å²) in [6, 6.07) is 0. The second-order valence-corrected chi connectivity index (χ2v) is 15.9. The van der Waals surface area contributed by atoms with Crippen molar-refractivity contribution >= 4 is 16.5 Å². The summed E-state index contributed by atoms with van der Waals surface area (Å²) in [7, 11) is -2.00. The molecule has 2 nitrogen and oxygen atoms in total. The minimum Gasteiger partial charge on any atom is -0.351 e. The van der Waals surface area contributed by atoms with Crippen molar-refractivity contribution < 1.29 is 0 Å². The molecule has 1 rings (SSSR count). The van der Waals surface area contributed by atoms with Crippen LogP contribution in [-0.4, -0.2) is 34.1 Å². The molecule has 1 fully saturated rings. The Morgan fingerprint density at radius 2 is 1.14 bits per heavy atom. The second kappa shape index (κ2) is 5.44. The second-order valence-electron chi connectivity index (χ2n) is 6.23. The monoisotopic (exact) mass is 232 g/mol. The van der Waals surface area contributed by atoms with E-state index >= 15 is 0 Å². The zero-order valence-electron chi connectivity index (χ0n) is 10.9. The number of hydrogen-bond donors (Lipinski definition) is 1. The van der Waals surface area contributed by atoms with Crippen molar-refractivity contribution in [1.82, 2.24) is 4.57 Å². The molecule has 1 aliphatic rings. The molecule has 0 unspecified atom stereocenters. The third kappa shape index (κ3) is 8.93. The van der Waals surface area contributed by atoms with Crippen molar-refractivity contribution in [3.05, 3.63) is 0 Å². The average molecular weight is 233 g/mol. The van der Waals surface area contributed by atoms with Gasteiger partial charge in [-0.2, -0.15) is 0 Å². The van der Waals surface area contributed by atoms with Crippen LogP contribution in [0.2, 0.25) is 39.3 Å². The van der Waals surface area contributed by atoms with E-state index in [-0.39, 0.29) is 0 Å². The molecule has 0 aliphatic carbocycles. The van der Waals surface area contributed by atoms with Crippen LogP contribution in [0.25, 0.3) is 0 Å². The topological polar surface area (TPSA) is 29.3 Å². The summed E-state index contributed by atoms with van der Waals surface area (Å²) < 4.78 is 2.69. The molecule has 0 atom stereocenters. The van der Waals surface area contributed by atoms with Crippen molar-refractivity contribution in [3.63, 3.8) is 0 Å². The minimum absolute atomic E-state index is 0.891. The van der Waals surface area contributed by atoms with E-state index in [1.54, 1.807) is 0 Å². The fourth-order valence-electron chi connectivity index (χ4n) is 1.39. The number of nitrogens with zero attached hydrogens (tertiary/aromatic N) is 1. The van der Waals surface area contributed by atoms with Gasteiger partial charge in [-0.05, 0) is 25.9 Å². The molecule has 1 saturated heterocycles. The van der Waals surface area contributed by atoms with Gasteiger partial charge in [-0.3, -0.25) is 0 Å². The normalized spacial score (nSPS) is 19.1. The van der Waals surface area contributed by atoms with E-state index in [4.69, 9.17) is 5.40 Å². The van der Waals surface area contributed by atoms with Crippen molar-refractivity contribution in [1.29, 1.82) is 0 Å². The van der Waals surface area contributed by atoms with Crippen LogP contribution < -0.4 is 5.40 Å². The van der Waals surface area contributed by atoms with Crippen molar-refractivity contribution in [2.75, 3.05) is 13.1 Å². The molecule has 0 aromatic carbocycles. The van der Waals surface area contributed by atoms with Crippen LogP contribution in [0.3, 0.4) is 0 Å². The van der Waals surface area contributed by atoms with Gasteiger partial charge in [-0.1, -0.05) is 39.3 Å². The predicted molar refractivity (Wildman–Crippen MR) is 71.7 cm³/mol. The zero-order chi connectivity index (χ0) is 11.4. The molecule has 0 aromatic heterocycles. The summed E-state index contributed by atoms with van der Waals surface area (Å²) in [6.07, 6.45) is 2.87. The van der Waals surface area contributed by atoms with E-state index in [1.807, 2.05) is 0 Å². The summed E-state index contributed by atoms with van der Waals surface area (Å²) in [6.45, 7) is 16.3. The van der Waals surface area contributed by atoms with E-state index in [0.29, 0.717) is 0 Å². The highest BCUT2D eigenvalue weighted by Crippen LogP contribution is 2.16. The van der Waals surface area contributed by atoms with E-state index in [2.05, 4.69) is 43.8 Å². The lowest BCUT2D eigenvalue weighted by atomic mass is 10.4. The van der Waals surface area contributed by atoms with Gasteiger partial charge in [0.05, 0.1) is 0 Å². The Labute approximate surface area is 92.0 Å². The van der Waals surface area contributed by atoms with E-state index < -0.39 is 16.5 Å². The summed E-state index contributed by atoms with van der Waals surface area (Å²) in [5.41, 5.74) is 0. The van der Waals surface area contributed by atoms with Crippen LogP contribution in [-0.2, 0) is 0 Å². The van der Waals surface area contributed by atoms with Gasteiger partial charge in [0, 0.05) is 0 Å². The van der Waals surface area contributed by atoms with E-state index in [9.17, 15) is 0 Å². The molecule has 0 amide bonds. The first-order valence-electron chi connectivity index (χ1n) is 5.64. The fourth-order valence-corrected chi connectivity index (χ4v) is 3.05. The first kappa shape index (κ1) is 14.4. The number of rotatable bonds is 1. The van der Waals surface area contributed by atoms with Crippen LogP contribution in [0.1, 0.15) is 12.8 Å². The Morgan fingerprint density at radius 1 is 0.857 bits per heavy atom. The molecule has 0 bridgehead atoms. The molecule has 1 heterocycles. The van der Waals surface area contributed by atoms with Gasteiger partial charge in [-0.15, -0.1) is 0 Å². The Bertz CT molecular complexity index is 146. The van der Waals surface area contributed by atoms with Crippen molar-refractivity contribution in [2.24, 2.45) is 5.40 Å². The molecule has 0 spiro atoms. The van der Waals surface area contributed by atoms with Gasteiger partial charge in [0.25, 0.3) is 0 Å². The molecule has 86 valence electrons. The molecule has 1 aliphatic heterocycles. The van der Waals surface area contributed by atoms with Gasteiger partial charge in [0.2, 0.25) is 0 Å². The molecule has 2 N–H and O–H groups in total. The standard InChI is InChI=1S/C7H17NSi.C3H11NSi/c1-9(2,3)8-6-4-5-7-8;1-5(2,3)4/h4-7H2,1-3H3;4H2,1-3H3. The third-order valence-electron chi connectivity index (χ3n) is 2.05. The maximum atomic E-state index is 5.49. The van der Waals surface area contributed by atoms with Crippen molar-refractivity contribution in [2.45, 2.75) is 52.1 Å². The maximum Gasteiger partial charge on any atom is 0.119 e. The van der Waals surface area contributed by atoms with Gasteiger partial charge in [0.1, 0.15) is 16.5 Å². The Morgan fingerprint density at radius 3 is 1.29 bits per heavy atom. The third-order valence-corrected chi connectivity index (χ3v) is 4.40. The molecule has 14 heavy (non-hydrogen) atoms. The SMILES string of the molecule is C[Si](C)(C)N.C[Si](C)(C)N1CCCC1. The molecular weight excluding hydrogens is 204 g/mol. The van der Waals surface area contributed by atoms with Gasteiger partial charge in [0.15, 0.2) is 0 Å². The summed E-state index contributed by atoms with van der Waals surface area (Å²) >= 11 is 0. The van der Waals surface area contributed by atoms with Crippen LogP contribution in [0, 0.1) is 0 Å². The van der Waals surface area contributed by atoms with E-state index in [0.717, 1.165) is 0 Å². The largest absolute Gasteiger partial charge is 0.351 e. The van der Waals surface area contributed by atoms with E-state index in [1.165, 1.54) is 25.9 Å². The Kier molecular flexibility index (Phi) is 5.58. The van der Waals surface area contributed by atoms with Crippen LogP contribution in [0.5, 0.6) is 0 Å². The zero-order valence-corrected chi connectivity index (χ0v) is 12.9. The number of nitrogens with two attached hydrogens (primary N) is 1. The van der Waals surface area contributed by atoms with Crippen molar-refractivity contribution in [3.8, 4) is 0 Å². The average Bonchev–Trinajstić information content (AvgIpc) is 2.28. The Hall–Kier alpha value is 0.354. The van der Waals surface area contributed by atoms with Crippen LogP contribution >= 0.6 is 0 Å². The Balaban J connectivity index is 0.000000292. The summed E-state index contributed by atoms with van der Waals surface area (Å²) in [5.74, 6) is 0. The molecule has 0 aromatic rings. The van der Waals surface area contributed by atoms with Gasteiger partial charge in [-0.25, -0.2) is 0 Å². The van der Waals surface area contributed by atoms with Gasteiger partial charge >= 0.3 is 0 Å². The molecule has 0 radical (unpaired) electrons. The highest BCUT2D eigenvalue weighted by atomic mass is 28.3. The first-order valence-corrected chi connectivity index (χ1v) is 12.7. The smallest absolute Gasteiger partial charge is 0.119 e. The lowest BCUT2D eigenvalue weighted by Gasteiger charge is -2.28. The maximum absolute atomic E-state index is 5.49. The number of hydrogen-bond acceptors (Lipinski definition) is 2. The summed E-state index contributed by atoms with van der Waals surface area (Å²) in [4.78, 5) is 0. The molecule has 4 heteroatoms. The quantitative estimate of drug-likeness (QED) is 0.705. The lowest BCUT2D eigenvalue weighted by Crippen LogP contribution is -2.43. The molecule has 0 saturated carbocycles. The lowest BCUT2D eigenvalue weighted by molar-refractivity contribution is 0.524. The highest BCUT2D eigenvalue weighted by Gasteiger charge is 2.25. The van der Waals surface area contributed by atoms with Crippen LogP contribution in [0.4, 0.5) is 0 Å². The predicted octanol–water partition coefficient (Wildman–Crippen LogP) is 2.70. The van der Waals surface area contributed by atoms with Crippen LogP contribution in [0.15, 0.2) is 0 Å². The molecular formula is C10H28N2Si2. The van der Waals surface area contributed by atoms with Gasteiger partial charge < -0.3 is 9.96 Å². The first-order chi connectivity index (χ1) is 6.11. The fraction of sp³-hybridized carbons (Fsp3) is 1.00. The minimum atomic E-state index is -1.11. The summed E-state index contributed by atoms with van der Waals surface area (Å²) in [5, 5.41) is 5.49. The highest BCUT2D eigenvalue weighted by molar-refractivity contribution is 6.73.